The van der Waals surface area contributed by atoms with Crippen LogP contribution in [0.5, 0.6) is 0 Å². The van der Waals surface area contributed by atoms with Gasteiger partial charge in [-0.15, -0.1) is 0 Å². The summed E-state index contributed by atoms with van der Waals surface area (Å²) in [5.41, 5.74) is -2.04. The summed E-state index contributed by atoms with van der Waals surface area (Å²) in [5.74, 6) is -0.840. The lowest BCUT2D eigenvalue weighted by atomic mass is 9.93. The Balaban J connectivity index is 1.55. The zero-order valence-electron chi connectivity index (χ0n) is 20.7. The van der Waals surface area contributed by atoms with E-state index >= 15 is 0 Å². The first-order chi connectivity index (χ1) is 18.4. The van der Waals surface area contributed by atoms with E-state index in [1.54, 1.807) is 0 Å². The van der Waals surface area contributed by atoms with Crippen LogP contribution in [0.2, 0.25) is 0 Å². The fourth-order valence-corrected chi connectivity index (χ4v) is 5.07. The Morgan fingerprint density at radius 2 is 1.08 bits per heavy atom. The Kier molecular flexibility index (Phi) is 8.78. The molecule has 2 aliphatic carbocycles. The maximum Gasteiger partial charge on any atom is 0.417 e. The Bertz CT molecular complexity index is 1180. The highest BCUT2D eigenvalue weighted by molar-refractivity contribution is 7.99. The quantitative estimate of drug-likeness (QED) is 0.261. The van der Waals surface area contributed by atoms with Crippen LogP contribution in [0.4, 0.5) is 26.3 Å². The summed E-state index contributed by atoms with van der Waals surface area (Å²) in [6.45, 7) is 0. The Morgan fingerprint density at radius 3 is 1.38 bits per heavy atom. The molecule has 0 heterocycles. The van der Waals surface area contributed by atoms with E-state index in [1.165, 1.54) is 24.3 Å². The Labute approximate surface area is 225 Å². The van der Waals surface area contributed by atoms with Gasteiger partial charge in [0.15, 0.2) is 0 Å². The molecule has 2 aromatic rings. The molecule has 208 valence electrons. The van der Waals surface area contributed by atoms with E-state index in [0.29, 0.717) is 11.8 Å². The SMILES string of the molecule is O=C(/C=C/c1ccc(Sc2ccc(/C=C/C(=O)NC3CCC3)cc2C(F)(F)F)c(C(F)(F)F)c1)NC1CCC1. The van der Waals surface area contributed by atoms with Crippen molar-refractivity contribution in [3.63, 3.8) is 0 Å². The third-order valence-electron chi connectivity index (χ3n) is 6.60. The van der Waals surface area contributed by atoms with Gasteiger partial charge in [0.05, 0.1) is 11.1 Å². The Hall–Kier alpha value is -3.21. The number of amides is 2. The van der Waals surface area contributed by atoms with Gasteiger partial charge < -0.3 is 10.6 Å². The number of hydrogen-bond acceptors (Lipinski definition) is 3. The molecule has 0 saturated heterocycles. The van der Waals surface area contributed by atoms with E-state index in [1.807, 2.05) is 0 Å². The van der Waals surface area contributed by atoms with E-state index in [4.69, 9.17) is 0 Å². The van der Waals surface area contributed by atoms with Crippen molar-refractivity contribution in [3.8, 4) is 0 Å². The van der Waals surface area contributed by atoms with Crippen molar-refractivity contribution in [2.24, 2.45) is 0 Å². The summed E-state index contributed by atoms with van der Waals surface area (Å²) >= 11 is 0.352. The van der Waals surface area contributed by atoms with Crippen molar-refractivity contribution in [2.45, 2.75) is 72.8 Å². The molecule has 4 rings (SSSR count). The first-order valence-corrected chi connectivity index (χ1v) is 13.3. The number of hydrogen-bond donors (Lipinski definition) is 2. The van der Waals surface area contributed by atoms with Gasteiger partial charge in [0, 0.05) is 34.0 Å². The van der Waals surface area contributed by atoms with Gasteiger partial charge in [-0.2, -0.15) is 26.3 Å². The van der Waals surface area contributed by atoms with Gasteiger partial charge >= 0.3 is 12.4 Å². The zero-order valence-corrected chi connectivity index (χ0v) is 21.5. The highest BCUT2D eigenvalue weighted by Crippen LogP contribution is 2.44. The number of benzene rings is 2. The molecule has 2 N–H and O–H groups in total. The van der Waals surface area contributed by atoms with Crippen LogP contribution in [0.1, 0.15) is 60.8 Å². The average Bonchev–Trinajstić information content (AvgIpc) is 2.81. The lowest BCUT2D eigenvalue weighted by Crippen LogP contribution is -2.38. The van der Waals surface area contributed by atoms with Crippen LogP contribution in [0.3, 0.4) is 0 Å². The molecule has 2 fully saturated rings. The van der Waals surface area contributed by atoms with Gasteiger partial charge in [-0.05, 0) is 86.1 Å². The molecule has 2 saturated carbocycles. The first kappa shape index (κ1) is 28.8. The van der Waals surface area contributed by atoms with Crippen molar-refractivity contribution in [1.82, 2.24) is 10.6 Å². The monoisotopic (exact) mass is 568 g/mol. The molecule has 0 aliphatic heterocycles. The summed E-state index contributed by atoms with van der Waals surface area (Å²) < 4.78 is 83.2. The molecular formula is C28H26F6N2O2S. The Morgan fingerprint density at radius 1 is 0.692 bits per heavy atom. The third kappa shape index (κ3) is 7.90. The summed E-state index contributed by atoms with van der Waals surface area (Å²) in [4.78, 5) is 23.1. The van der Waals surface area contributed by atoms with Gasteiger partial charge in [-0.25, -0.2) is 0 Å². The van der Waals surface area contributed by atoms with Gasteiger partial charge in [-0.1, -0.05) is 23.9 Å². The van der Waals surface area contributed by atoms with E-state index in [9.17, 15) is 35.9 Å². The number of rotatable bonds is 8. The summed E-state index contributed by atoms with van der Waals surface area (Å²) in [6.07, 6.45) is 0.529. The average molecular weight is 569 g/mol. The van der Waals surface area contributed by atoms with Crippen LogP contribution in [0.25, 0.3) is 12.2 Å². The fourth-order valence-electron chi connectivity index (χ4n) is 3.99. The van der Waals surface area contributed by atoms with Crippen LogP contribution in [-0.4, -0.2) is 23.9 Å². The van der Waals surface area contributed by atoms with Gasteiger partial charge in [-0.3, -0.25) is 9.59 Å². The molecule has 4 nitrogen and oxygen atoms in total. The zero-order chi connectivity index (χ0) is 28.2. The van der Waals surface area contributed by atoms with Crippen LogP contribution in [-0.2, 0) is 21.9 Å². The van der Waals surface area contributed by atoms with Crippen LogP contribution < -0.4 is 10.6 Å². The largest absolute Gasteiger partial charge is 0.417 e. The van der Waals surface area contributed by atoms with Crippen LogP contribution in [0.15, 0.2) is 58.3 Å². The molecule has 0 spiro atoms. The van der Waals surface area contributed by atoms with Crippen molar-refractivity contribution in [2.75, 3.05) is 0 Å². The normalized spacial score (nSPS) is 16.8. The maximum absolute atomic E-state index is 13.9. The number of nitrogens with one attached hydrogen (secondary N) is 2. The van der Waals surface area contributed by atoms with Crippen LogP contribution >= 0.6 is 11.8 Å². The molecule has 11 heteroatoms. The molecule has 2 amide bonds. The number of carbonyl (C=O) groups is 2. The molecular weight excluding hydrogens is 542 g/mol. The lowest BCUT2D eigenvalue weighted by molar-refractivity contribution is -0.140. The van der Waals surface area contributed by atoms with Crippen LogP contribution in [0, 0.1) is 0 Å². The number of halogens is 6. The summed E-state index contributed by atoms with van der Waals surface area (Å²) in [6, 6.07) is 6.57. The van der Waals surface area contributed by atoms with Gasteiger partial charge in [0.1, 0.15) is 0 Å². The molecule has 2 aliphatic rings. The predicted octanol–water partition coefficient (Wildman–Crippen LogP) is 7.24. The second-order valence-corrected chi connectivity index (χ2v) is 10.6. The highest BCUT2D eigenvalue weighted by Gasteiger charge is 2.37. The van der Waals surface area contributed by atoms with Crippen molar-refractivity contribution in [3.05, 3.63) is 70.8 Å². The standard InChI is InChI=1S/C28H26F6N2O2S/c29-27(30,31)21-15-17(9-13-25(37)35-19-3-1-4-19)7-11-23(21)39-24-12-8-18(16-22(24)28(32,33)34)10-14-26(38)36-20-5-2-6-20/h7-16,19-20H,1-6H2,(H,35,37)(H,36,38)/b13-9+,14-10+. The highest BCUT2D eigenvalue weighted by atomic mass is 32.2. The molecule has 0 radical (unpaired) electrons. The van der Waals surface area contributed by atoms with Crippen molar-refractivity contribution >= 4 is 35.7 Å². The summed E-state index contributed by atoms with van der Waals surface area (Å²) in [7, 11) is 0. The molecule has 0 bridgehead atoms. The summed E-state index contributed by atoms with van der Waals surface area (Å²) in [5, 5.41) is 5.49. The second-order valence-electron chi connectivity index (χ2n) is 9.55. The minimum Gasteiger partial charge on any atom is -0.350 e. The van der Waals surface area contributed by atoms with E-state index in [0.717, 1.165) is 74.9 Å². The molecule has 39 heavy (non-hydrogen) atoms. The van der Waals surface area contributed by atoms with E-state index in [-0.39, 0.29) is 23.2 Å². The van der Waals surface area contributed by atoms with Gasteiger partial charge in [0.25, 0.3) is 0 Å². The second kappa shape index (κ2) is 11.9. The first-order valence-electron chi connectivity index (χ1n) is 12.5. The predicted molar refractivity (Wildman–Crippen MR) is 137 cm³/mol. The topological polar surface area (TPSA) is 58.2 Å². The molecule has 0 aromatic heterocycles. The fraction of sp³-hybridized carbons (Fsp3) is 0.357. The molecule has 0 unspecified atom stereocenters. The number of carbonyl (C=O) groups excluding carboxylic acids is 2. The van der Waals surface area contributed by atoms with Crippen molar-refractivity contribution in [1.29, 1.82) is 0 Å². The van der Waals surface area contributed by atoms with Gasteiger partial charge in [0.2, 0.25) is 11.8 Å². The maximum atomic E-state index is 13.9. The van der Waals surface area contributed by atoms with Crippen molar-refractivity contribution < 1.29 is 35.9 Å². The number of alkyl halides is 6. The lowest BCUT2D eigenvalue weighted by Gasteiger charge is -2.25. The molecule has 0 atom stereocenters. The van der Waals surface area contributed by atoms with E-state index in [2.05, 4.69) is 10.6 Å². The smallest absolute Gasteiger partial charge is 0.350 e. The van der Waals surface area contributed by atoms with E-state index < -0.39 is 45.1 Å². The third-order valence-corrected chi connectivity index (χ3v) is 7.75. The minimum atomic E-state index is -4.84. The molecule has 2 aromatic carbocycles. The minimum absolute atomic E-state index is 0.0702.